The molecule has 0 heterocycles. The van der Waals surface area contributed by atoms with Gasteiger partial charge in [-0.15, -0.1) is 0 Å². The Kier molecular flexibility index (Phi) is 4.13. The van der Waals surface area contributed by atoms with Gasteiger partial charge in [0.15, 0.2) is 17.6 Å². The fourth-order valence-electron chi connectivity index (χ4n) is 1.21. The van der Waals surface area contributed by atoms with Crippen LogP contribution >= 0.6 is 0 Å². The van der Waals surface area contributed by atoms with Crippen LogP contribution in [0.3, 0.4) is 0 Å². The predicted molar refractivity (Wildman–Crippen MR) is 56.6 cm³/mol. The molecule has 0 aliphatic carbocycles. The van der Waals surface area contributed by atoms with Crippen LogP contribution in [0.4, 0.5) is 0 Å². The second-order valence-electron chi connectivity index (χ2n) is 3.20. The van der Waals surface area contributed by atoms with Crippen LogP contribution in [0.1, 0.15) is 12.5 Å². The Morgan fingerprint density at radius 2 is 2.19 bits per heavy atom. The summed E-state index contributed by atoms with van der Waals surface area (Å²) >= 11 is 0. The van der Waals surface area contributed by atoms with E-state index < -0.39 is 12.1 Å². The summed E-state index contributed by atoms with van der Waals surface area (Å²) in [5.41, 5.74) is 0.493. The van der Waals surface area contributed by atoms with Gasteiger partial charge in [0.1, 0.15) is 0 Å². The van der Waals surface area contributed by atoms with Gasteiger partial charge in [-0.05, 0) is 13.0 Å². The molecular weight excluding hydrogens is 212 g/mol. The molecule has 0 saturated carbocycles. The van der Waals surface area contributed by atoms with Crippen LogP contribution in [0.25, 0.3) is 0 Å². The summed E-state index contributed by atoms with van der Waals surface area (Å²) in [6, 6.07) is 4.98. The summed E-state index contributed by atoms with van der Waals surface area (Å²) < 4.78 is 10.3. The number of para-hydroxylation sites is 1. The SMILES string of the molecule is COc1cccc(CO)c1OC(C)C(=O)O. The highest BCUT2D eigenvalue weighted by molar-refractivity contribution is 5.72. The van der Waals surface area contributed by atoms with Crippen LogP contribution < -0.4 is 9.47 Å². The van der Waals surface area contributed by atoms with E-state index in [0.717, 1.165) is 0 Å². The Morgan fingerprint density at radius 3 is 2.69 bits per heavy atom. The van der Waals surface area contributed by atoms with E-state index in [-0.39, 0.29) is 12.4 Å². The summed E-state index contributed by atoms with van der Waals surface area (Å²) in [6.07, 6.45) is -0.999. The summed E-state index contributed by atoms with van der Waals surface area (Å²) in [5, 5.41) is 17.8. The topological polar surface area (TPSA) is 76.0 Å². The highest BCUT2D eigenvalue weighted by atomic mass is 16.5. The molecule has 0 bridgehead atoms. The van der Waals surface area contributed by atoms with Gasteiger partial charge < -0.3 is 19.7 Å². The molecule has 0 saturated heterocycles. The van der Waals surface area contributed by atoms with Gasteiger partial charge in [-0.3, -0.25) is 0 Å². The number of methoxy groups -OCH3 is 1. The Bertz CT molecular complexity index is 352. The van der Waals surface area contributed by atoms with E-state index in [9.17, 15) is 4.79 Å². The minimum atomic E-state index is -1.07. The lowest BCUT2D eigenvalue weighted by Gasteiger charge is -2.16. The first kappa shape index (κ1) is 12.3. The number of aliphatic hydroxyl groups is 1. The minimum Gasteiger partial charge on any atom is -0.493 e. The van der Waals surface area contributed by atoms with Crippen LogP contribution in [-0.4, -0.2) is 29.4 Å². The molecule has 16 heavy (non-hydrogen) atoms. The Morgan fingerprint density at radius 1 is 1.50 bits per heavy atom. The van der Waals surface area contributed by atoms with Crippen molar-refractivity contribution in [2.75, 3.05) is 7.11 Å². The molecule has 1 unspecified atom stereocenters. The van der Waals surface area contributed by atoms with Crippen molar-refractivity contribution in [1.29, 1.82) is 0 Å². The van der Waals surface area contributed by atoms with Crippen LogP contribution in [0, 0.1) is 0 Å². The number of carbonyl (C=O) groups is 1. The van der Waals surface area contributed by atoms with Crippen molar-refractivity contribution in [3.8, 4) is 11.5 Å². The van der Waals surface area contributed by atoms with Gasteiger partial charge in [0.2, 0.25) is 0 Å². The summed E-state index contributed by atoms with van der Waals surface area (Å²) in [4.78, 5) is 10.7. The molecule has 0 aliphatic rings. The van der Waals surface area contributed by atoms with Crippen molar-refractivity contribution in [2.24, 2.45) is 0 Å². The average molecular weight is 226 g/mol. The molecule has 0 aromatic heterocycles. The van der Waals surface area contributed by atoms with Crippen LogP contribution in [-0.2, 0) is 11.4 Å². The molecule has 0 spiro atoms. The number of carboxylic acid groups (broad SMARTS) is 1. The van der Waals surface area contributed by atoms with E-state index in [4.69, 9.17) is 19.7 Å². The third-order valence-electron chi connectivity index (χ3n) is 2.09. The number of rotatable bonds is 5. The summed E-state index contributed by atoms with van der Waals surface area (Å²) in [6.45, 7) is 1.18. The predicted octanol–water partition coefficient (Wildman–Crippen LogP) is 1.04. The number of hydrogen-bond donors (Lipinski definition) is 2. The van der Waals surface area contributed by atoms with E-state index in [1.807, 2.05) is 0 Å². The van der Waals surface area contributed by atoms with Crippen LogP contribution in [0.15, 0.2) is 18.2 Å². The lowest BCUT2D eigenvalue weighted by atomic mass is 10.2. The maximum atomic E-state index is 10.7. The highest BCUT2D eigenvalue weighted by Crippen LogP contribution is 2.31. The highest BCUT2D eigenvalue weighted by Gasteiger charge is 2.17. The Hall–Kier alpha value is -1.75. The zero-order chi connectivity index (χ0) is 12.1. The average Bonchev–Trinajstić information content (AvgIpc) is 2.29. The zero-order valence-electron chi connectivity index (χ0n) is 9.14. The van der Waals surface area contributed by atoms with E-state index in [1.165, 1.54) is 14.0 Å². The second-order valence-corrected chi connectivity index (χ2v) is 3.20. The Balaban J connectivity index is 3.04. The van der Waals surface area contributed by atoms with Crippen molar-refractivity contribution in [3.63, 3.8) is 0 Å². The van der Waals surface area contributed by atoms with Gasteiger partial charge in [0.05, 0.1) is 13.7 Å². The molecule has 5 heteroatoms. The van der Waals surface area contributed by atoms with Gasteiger partial charge in [-0.1, -0.05) is 12.1 Å². The lowest BCUT2D eigenvalue weighted by molar-refractivity contribution is -0.144. The first-order valence-corrected chi connectivity index (χ1v) is 4.76. The van der Waals surface area contributed by atoms with Crippen molar-refractivity contribution in [3.05, 3.63) is 23.8 Å². The van der Waals surface area contributed by atoms with E-state index in [2.05, 4.69) is 0 Å². The maximum absolute atomic E-state index is 10.7. The molecule has 1 aromatic rings. The standard InChI is InChI=1S/C11H14O5/c1-7(11(13)14)16-10-8(6-12)4-3-5-9(10)15-2/h3-5,7,12H,6H2,1-2H3,(H,13,14). The lowest BCUT2D eigenvalue weighted by Crippen LogP contribution is -2.23. The minimum absolute atomic E-state index is 0.237. The van der Waals surface area contributed by atoms with Crippen molar-refractivity contribution in [1.82, 2.24) is 0 Å². The first-order chi connectivity index (χ1) is 7.60. The number of aliphatic carboxylic acids is 1. The molecule has 88 valence electrons. The molecule has 0 radical (unpaired) electrons. The molecule has 1 aromatic carbocycles. The number of hydrogen-bond acceptors (Lipinski definition) is 4. The zero-order valence-corrected chi connectivity index (χ0v) is 9.14. The summed E-state index contributed by atoms with van der Waals surface area (Å²) in [7, 11) is 1.45. The number of benzene rings is 1. The monoisotopic (exact) mass is 226 g/mol. The van der Waals surface area contributed by atoms with Crippen molar-refractivity contribution in [2.45, 2.75) is 19.6 Å². The maximum Gasteiger partial charge on any atom is 0.344 e. The van der Waals surface area contributed by atoms with Crippen LogP contribution in [0.5, 0.6) is 11.5 Å². The third kappa shape index (κ3) is 2.64. The fraction of sp³-hybridized carbons (Fsp3) is 0.364. The number of carboxylic acids is 1. The van der Waals surface area contributed by atoms with Gasteiger partial charge >= 0.3 is 5.97 Å². The first-order valence-electron chi connectivity index (χ1n) is 4.76. The van der Waals surface area contributed by atoms with Gasteiger partial charge in [-0.25, -0.2) is 4.79 Å². The van der Waals surface area contributed by atoms with Crippen molar-refractivity contribution >= 4 is 5.97 Å². The normalized spacial score (nSPS) is 11.9. The molecule has 1 rings (SSSR count). The molecular formula is C11H14O5. The van der Waals surface area contributed by atoms with Crippen LogP contribution in [0.2, 0.25) is 0 Å². The second kappa shape index (κ2) is 5.37. The molecule has 0 fully saturated rings. The molecule has 5 nitrogen and oxygen atoms in total. The third-order valence-corrected chi connectivity index (χ3v) is 2.09. The molecule has 1 atom stereocenters. The number of ether oxygens (including phenoxy) is 2. The van der Waals surface area contributed by atoms with E-state index in [0.29, 0.717) is 11.3 Å². The quantitative estimate of drug-likeness (QED) is 0.784. The van der Waals surface area contributed by atoms with E-state index >= 15 is 0 Å². The molecule has 0 aliphatic heterocycles. The number of aliphatic hydroxyl groups excluding tert-OH is 1. The molecule has 0 amide bonds. The molecule has 2 N–H and O–H groups in total. The van der Waals surface area contributed by atoms with Gasteiger partial charge in [-0.2, -0.15) is 0 Å². The van der Waals surface area contributed by atoms with E-state index in [1.54, 1.807) is 18.2 Å². The van der Waals surface area contributed by atoms with Gasteiger partial charge in [0.25, 0.3) is 0 Å². The largest absolute Gasteiger partial charge is 0.493 e. The fourth-order valence-corrected chi connectivity index (χ4v) is 1.21. The smallest absolute Gasteiger partial charge is 0.344 e. The summed E-state index contributed by atoms with van der Waals surface area (Å²) in [5.74, 6) is -0.406. The van der Waals surface area contributed by atoms with Gasteiger partial charge in [0, 0.05) is 5.56 Å². The van der Waals surface area contributed by atoms with Crippen molar-refractivity contribution < 1.29 is 24.5 Å². The Labute approximate surface area is 93.2 Å².